The van der Waals surface area contributed by atoms with E-state index in [2.05, 4.69) is 14.9 Å². The molecule has 16 heavy (non-hydrogen) atoms. The van der Waals surface area contributed by atoms with Gasteiger partial charge in [0.15, 0.2) is 5.16 Å². The van der Waals surface area contributed by atoms with E-state index in [4.69, 9.17) is 16.3 Å². The molecule has 6 heteroatoms. The van der Waals surface area contributed by atoms with Crippen molar-refractivity contribution in [2.45, 2.75) is 11.6 Å². The highest BCUT2D eigenvalue weighted by Crippen LogP contribution is 2.18. The first kappa shape index (κ1) is 13.5. The summed E-state index contributed by atoms with van der Waals surface area (Å²) in [6.45, 7) is 1.63. The Labute approximate surface area is 105 Å². The summed E-state index contributed by atoms with van der Waals surface area (Å²) in [5.74, 6) is 0.545. The van der Waals surface area contributed by atoms with Gasteiger partial charge in [-0.15, -0.1) is 0 Å². The van der Waals surface area contributed by atoms with Crippen LogP contribution in [0, 0.1) is 0 Å². The summed E-state index contributed by atoms with van der Waals surface area (Å²) in [4.78, 5) is 10.4. The highest BCUT2D eigenvalue weighted by atomic mass is 35.5. The fourth-order valence-corrected chi connectivity index (χ4v) is 1.69. The molecular formula is C10H16ClN3OS. The largest absolute Gasteiger partial charge is 0.477 e. The molecule has 4 nitrogen and oxygen atoms in total. The Balaban J connectivity index is 2.44. The van der Waals surface area contributed by atoms with Crippen molar-refractivity contribution in [2.24, 2.45) is 0 Å². The predicted octanol–water partition coefficient (Wildman–Crippen LogP) is 2.18. The van der Waals surface area contributed by atoms with E-state index in [1.54, 1.807) is 6.07 Å². The van der Waals surface area contributed by atoms with Gasteiger partial charge >= 0.3 is 0 Å². The highest BCUT2D eigenvalue weighted by molar-refractivity contribution is 7.98. The Bertz CT molecular complexity index is 336. The highest BCUT2D eigenvalue weighted by Gasteiger charge is 2.03. The van der Waals surface area contributed by atoms with Gasteiger partial charge < -0.3 is 9.64 Å². The van der Waals surface area contributed by atoms with Gasteiger partial charge in [-0.3, -0.25) is 0 Å². The topological polar surface area (TPSA) is 38.2 Å². The molecule has 0 saturated heterocycles. The number of rotatable bonds is 6. The smallest absolute Gasteiger partial charge is 0.218 e. The lowest BCUT2D eigenvalue weighted by atomic mass is 10.4. The molecule has 90 valence electrons. The SMILES string of the molecule is CSc1nc(Cl)cc(OCCCN(C)C)n1. The monoisotopic (exact) mass is 261 g/mol. The molecule has 0 bridgehead atoms. The Morgan fingerprint density at radius 2 is 2.19 bits per heavy atom. The molecule has 0 fully saturated rings. The van der Waals surface area contributed by atoms with E-state index in [1.165, 1.54) is 11.8 Å². The zero-order valence-electron chi connectivity index (χ0n) is 9.73. The molecule has 0 aliphatic rings. The molecule has 0 aliphatic carbocycles. The molecule has 0 atom stereocenters. The summed E-state index contributed by atoms with van der Waals surface area (Å²) in [5.41, 5.74) is 0. The van der Waals surface area contributed by atoms with E-state index in [0.717, 1.165) is 13.0 Å². The minimum Gasteiger partial charge on any atom is -0.477 e. The fraction of sp³-hybridized carbons (Fsp3) is 0.600. The number of thioether (sulfide) groups is 1. The van der Waals surface area contributed by atoms with Gasteiger partial charge in [-0.05, 0) is 26.8 Å². The lowest BCUT2D eigenvalue weighted by Crippen LogP contribution is -2.15. The molecule has 1 heterocycles. The van der Waals surface area contributed by atoms with Gasteiger partial charge in [0.1, 0.15) is 5.15 Å². The van der Waals surface area contributed by atoms with Gasteiger partial charge in [0.25, 0.3) is 0 Å². The minimum absolute atomic E-state index is 0.418. The molecule has 0 unspecified atom stereocenters. The van der Waals surface area contributed by atoms with Crippen molar-refractivity contribution in [3.05, 3.63) is 11.2 Å². The Morgan fingerprint density at radius 3 is 2.81 bits per heavy atom. The van der Waals surface area contributed by atoms with Crippen LogP contribution >= 0.6 is 23.4 Å². The zero-order chi connectivity index (χ0) is 12.0. The quantitative estimate of drug-likeness (QED) is 0.340. The van der Waals surface area contributed by atoms with E-state index in [0.29, 0.717) is 22.8 Å². The van der Waals surface area contributed by atoms with Crippen molar-refractivity contribution in [3.63, 3.8) is 0 Å². The van der Waals surface area contributed by atoms with Crippen LogP contribution in [0.1, 0.15) is 6.42 Å². The van der Waals surface area contributed by atoms with Gasteiger partial charge in [0, 0.05) is 12.6 Å². The summed E-state index contributed by atoms with van der Waals surface area (Å²) in [7, 11) is 4.07. The zero-order valence-corrected chi connectivity index (χ0v) is 11.3. The first-order valence-electron chi connectivity index (χ1n) is 4.98. The van der Waals surface area contributed by atoms with Crippen LogP contribution in [-0.4, -0.2) is 48.4 Å². The first-order valence-corrected chi connectivity index (χ1v) is 6.58. The van der Waals surface area contributed by atoms with E-state index >= 15 is 0 Å². The molecule has 0 saturated carbocycles. The van der Waals surface area contributed by atoms with E-state index in [-0.39, 0.29) is 0 Å². The second kappa shape index (κ2) is 6.93. The summed E-state index contributed by atoms with van der Waals surface area (Å²) in [6, 6.07) is 1.64. The Hall–Kier alpha value is -0.520. The standard InChI is InChI=1S/C10H16ClN3OS/c1-14(2)5-4-6-15-9-7-8(11)12-10(13-9)16-3/h7H,4-6H2,1-3H3. The van der Waals surface area contributed by atoms with Crippen molar-refractivity contribution >= 4 is 23.4 Å². The van der Waals surface area contributed by atoms with E-state index in [1.807, 2.05) is 20.4 Å². The fourth-order valence-electron chi connectivity index (χ4n) is 1.10. The first-order chi connectivity index (χ1) is 7.61. The van der Waals surface area contributed by atoms with Crippen molar-refractivity contribution in [3.8, 4) is 5.88 Å². The molecule has 0 N–H and O–H groups in total. The van der Waals surface area contributed by atoms with Crippen molar-refractivity contribution in [2.75, 3.05) is 33.5 Å². The second-order valence-electron chi connectivity index (χ2n) is 3.52. The number of halogens is 1. The Kier molecular flexibility index (Phi) is 5.87. The normalized spacial score (nSPS) is 10.8. The molecular weight excluding hydrogens is 246 g/mol. The number of nitrogens with zero attached hydrogens (tertiary/aromatic N) is 3. The lowest BCUT2D eigenvalue weighted by Gasteiger charge is -2.10. The van der Waals surface area contributed by atoms with Gasteiger partial charge in [-0.25, -0.2) is 4.98 Å². The van der Waals surface area contributed by atoms with E-state index in [9.17, 15) is 0 Å². The number of hydrogen-bond acceptors (Lipinski definition) is 5. The van der Waals surface area contributed by atoms with Crippen LogP contribution < -0.4 is 4.74 Å². The average Bonchev–Trinajstić information content (AvgIpc) is 2.23. The third-order valence-electron chi connectivity index (χ3n) is 1.83. The molecule has 1 rings (SSSR count). The molecule has 0 aromatic carbocycles. The van der Waals surface area contributed by atoms with Crippen LogP contribution in [0.3, 0.4) is 0 Å². The molecule has 0 spiro atoms. The summed E-state index contributed by atoms with van der Waals surface area (Å²) < 4.78 is 5.50. The maximum atomic E-state index is 5.84. The summed E-state index contributed by atoms with van der Waals surface area (Å²) in [6.07, 6.45) is 2.87. The van der Waals surface area contributed by atoms with Crippen molar-refractivity contribution in [1.29, 1.82) is 0 Å². The van der Waals surface area contributed by atoms with Gasteiger partial charge in [-0.2, -0.15) is 4.98 Å². The van der Waals surface area contributed by atoms with Crippen LogP contribution in [0.4, 0.5) is 0 Å². The van der Waals surface area contributed by atoms with Crippen LogP contribution in [0.5, 0.6) is 5.88 Å². The molecule has 1 aromatic heterocycles. The minimum atomic E-state index is 0.418. The second-order valence-corrected chi connectivity index (χ2v) is 4.68. The number of ether oxygens (including phenoxy) is 1. The average molecular weight is 262 g/mol. The third-order valence-corrected chi connectivity index (χ3v) is 2.57. The van der Waals surface area contributed by atoms with Crippen LogP contribution in [0.15, 0.2) is 11.2 Å². The van der Waals surface area contributed by atoms with Gasteiger partial charge in [0.2, 0.25) is 5.88 Å². The molecule has 0 amide bonds. The van der Waals surface area contributed by atoms with Crippen molar-refractivity contribution < 1.29 is 4.74 Å². The molecule has 1 aromatic rings. The number of aromatic nitrogens is 2. The molecule has 0 radical (unpaired) electrons. The maximum absolute atomic E-state index is 5.84. The maximum Gasteiger partial charge on any atom is 0.218 e. The lowest BCUT2D eigenvalue weighted by molar-refractivity contribution is 0.271. The van der Waals surface area contributed by atoms with Crippen molar-refractivity contribution in [1.82, 2.24) is 14.9 Å². The Morgan fingerprint density at radius 1 is 1.44 bits per heavy atom. The van der Waals surface area contributed by atoms with Crippen LogP contribution in [0.2, 0.25) is 5.15 Å². The number of hydrogen-bond donors (Lipinski definition) is 0. The third kappa shape index (κ3) is 5.01. The van der Waals surface area contributed by atoms with E-state index < -0.39 is 0 Å². The predicted molar refractivity (Wildman–Crippen MR) is 67.5 cm³/mol. The van der Waals surface area contributed by atoms with Gasteiger partial charge in [-0.1, -0.05) is 23.4 Å². The summed E-state index contributed by atoms with van der Waals surface area (Å²) >= 11 is 7.29. The van der Waals surface area contributed by atoms with Crippen LogP contribution in [0.25, 0.3) is 0 Å². The summed E-state index contributed by atoms with van der Waals surface area (Å²) in [5, 5.41) is 1.05. The van der Waals surface area contributed by atoms with Gasteiger partial charge in [0.05, 0.1) is 6.61 Å². The van der Waals surface area contributed by atoms with Crippen LogP contribution in [-0.2, 0) is 0 Å². The molecule has 0 aliphatic heterocycles.